The molecule has 0 atom stereocenters. The van der Waals surface area contributed by atoms with E-state index in [4.69, 9.17) is 20.9 Å². The number of aliphatic imine (C=N–C) groups is 1. The zero-order valence-corrected chi connectivity index (χ0v) is 20.0. The second kappa shape index (κ2) is 11.9. The average Bonchev–Trinajstić information content (AvgIpc) is 3.21. The number of piperidine rings is 1. The largest absolute Gasteiger partial charge is 0.450 e. The van der Waals surface area contributed by atoms with Gasteiger partial charge in [-0.05, 0) is 44.0 Å². The third-order valence-electron chi connectivity index (χ3n) is 4.56. The van der Waals surface area contributed by atoms with E-state index in [1.807, 2.05) is 19.1 Å². The Kier molecular flexibility index (Phi) is 9.63. The molecule has 1 aromatic heterocycles. The SMILES string of the molecule is CCOC(=O)N1CCC(NC(=NC)NCc2nc(-c3ccc(Cl)cc3)no2)CC1.I. The van der Waals surface area contributed by atoms with Crippen molar-refractivity contribution in [2.45, 2.75) is 32.4 Å². The van der Waals surface area contributed by atoms with E-state index in [0.717, 1.165) is 18.4 Å². The third-order valence-corrected chi connectivity index (χ3v) is 4.81. The molecule has 2 heterocycles. The number of nitrogens with zero attached hydrogens (tertiary/aromatic N) is 4. The van der Waals surface area contributed by atoms with Crippen molar-refractivity contribution >= 4 is 47.6 Å². The molecular formula is C19H26ClIN6O3. The van der Waals surface area contributed by atoms with Crippen LogP contribution >= 0.6 is 35.6 Å². The average molecular weight is 549 g/mol. The Hall–Kier alpha value is -2.08. The van der Waals surface area contributed by atoms with Gasteiger partial charge in [-0.25, -0.2) is 4.79 Å². The van der Waals surface area contributed by atoms with E-state index < -0.39 is 0 Å². The lowest BCUT2D eigenvalue weighted by atomic mass is 10.1. The van der Waals surface area contributed by atoms with Gasteiger partial charge in [-0.2, -0.15) is 4.98 Å². The molecule has 11 heteroatoms. The fraction of sp³-hybridized carbons (Fsp3) is 0.474. The summed E-state index contributed by atoms with van der Waals surface area (Å²) in [5.74, 6) is 1.61. The molecule has 1 aromatic carbocycles. The fourth-order valence-electron chi connectivity index (χ4n) is 3.01. The molecule has 2 N–H and O–H groups in total. The highest BCUT2D eigenvalue weighted by Gasteiger charge is 2.24. The van der Waals surface area contributed by atoms with Crippen molar-refractivity contribution in [1.82, 2.24) is 25.7 Å². The van der Waals surface area contributed by atoms with Gasteiger partial charge in [-0.1, -0.05) is 16.8 Å². The molecular weight excluding hydrogens is 523 g/mol. The van der Waals surface area contributed by atoms with Gasteiger partial charge in [0.2, 0.25) is 11.7 Å². The van der Waals surface area contributed by atoms with Gasteiger partial charge in [-0.15, -0.1) is 24.0 Å². The highest BCUT2D eigenvalue weighted by Crippen LogP contribution is 2.18. The zero-order chi connectivity index (χ0) is 20.6. The molecule has 164 valence electrons. The Bertz CT molecular complexity index is 837. The highest BCUT2D eigenvalue weighted by molar-refractivity contribution is 14.0. The Morgan fingerprint density at radius 1 is 1.33 bits per heavy atom. The smallest absolute Gasteiger partial charge is 0.409 e. The number of hydrogen-bond acceptors (Lipinski definition) is 6. The molecule has 2 aromatic rings. The summed E-state index contributed by atoms with van der Waals surface area (Å²) in [6.45, 7) is 3.86. The molecule has 1 aliphatic rings. The van der Waals surface area contributed by atoms with Crippen molar-refractivity contribution < 1.29 is 14.1 Å². The molecule has 3 rings (SSSR count). The number of carbonyl (C=O) groups excluding carboxylic acids is 1. The predicted octanol–water partition coefficient (Wildman–Crippen LogP) is 3.29. The van der Waals surface area contributed by atoms with Crippen molar-refractivity contribution in [3.8, 4) is 11.4 Å². The Labute approximate surface area is 197 Å². The predicted molar refractivity (Wildman–Crippen MR) is 125 cm³/mol. The minimum atomic E-state index is -0.249. The lowest BCUT2D eigenvalue weighted by molar-refractivity contribution is 0.0963. The summed E-state index contributed by atoms with van der Waals surface area (Å²) in [7, 11) is 1.70. The first-order valence-electron chi connectivity index (χ1n) is 9.56. The number of halogens is 2. The number of likely N-dealkylation sites (tertiary alicyclic amines) is 1. The van der Waals surface area contributed by atoms with Crippen LogP contribution in [0.3, 0.4) is 0 Å². The Morgan fingerprint density at radius 3 is 2.67 bits per heavy atom. The standard InChI is InChI=1S/C19H25ClN6O3.HI/c1-3-28-19(27)26-10-8-15(9-11-26)23-18(21-2)22-12-16-24-17(25-29-16)13-4-6-14(20)7-5-13;/h4-7,15H,3,8-12H2,1-2H3,(H2,21,22,23);1H. The molecule has 1 fully saturated rings. The van der Waals surface area contributed by atoms with E-state index in [1.54, 1.807) is 24.1 Å². The fourth-order valence-corrected chi connectivity index (χ4v) is 3.14. The van der Waals surface area contributed by atoms with Crippen LogP contribution in [0.15, 0.2) is 33.8 Å². The second-order valence-electron chi connectivity index (χ2n) is 6.55. The maximum absolute atomic E-state index is 11.8. The van der Waals surface area contributed by atoms with Crippen molar-refractivity contribution in [3.63, 3.8) is 0 Å². The van der Waals surface area contributed by atoms with Gasteiger partial charge >= 0.3 is 6.09 Å². The molecule has 0 aliphatic carbocycles. The van der Waals surface area contributed by atoms with Crippen molar-refractivity contribution in [2.24, 2.45) is 4.99 Å². The summed E-state index contributed by atoms with van der Waals surface area (Å²) in [6.07, 6.45) is 1.39. The van der Waals surface area contributed by atoms with Crippen molar-refractivity contribution in [2.75, 3.05) is 26.7 Å². The summed E-state index contributed by atoms with van der Waals surface area (Å²) in [4.78, 5) is 22.1. The topological polar surface area (TPSA) is 105 Å². The molecule has 1 aliphatic heterocycles. The molecule has 0 saturated carbocycles. The lowest BCUT2D eigenvalue weighted by Crippen LogP contribution is -2.49. The van der Waals surface area contributed by atoms with Crippen LogP contribution in [0.5, 0.6) is 0 Å². The van der Waals surface area contributed by atoms with Crippen LogP contribution in [0.25, 0.3) is 11.4 Å². The Morgan fingerprint density at radius 2 is 2.03 bits per heavy atom. The van der Waals surface area contributed by atoms with Gasteiger partial charge in [0.15, 0.2) is 5.96 Å². The monoisotopic (exact) mass is 548 g/mol. The zero-order valence-electron chi connectivity index (χ0n) is 16.9. The minimum absolute atomic E-state index is 0. The molecule has 0 spiro atoms. The van der Waals surface area contributed by atoms with Crippen LogP contribution in [0.1, 0.15) is 25.7 Å². The second-order valence-corrected chi connectivity index (χ2v) is 6.99. The molecule has 0 unspecified atom stereocenters. The van der Waals surface area contributed by atoms with Gasteiger partial charge in [0.25, 0.3) is 0 Å². The number of aromatic nitrogens is 2. The lowest BCUT2D eigenvalue weighted by Gasteiger charge is -2.32. The van der Waals surface area contributed by atoms with Gasteiger partial charge < -0.3 is 24.8 Å². The maximum Gasteiger partial charge on any atom is 0.409 e. The summed E-state index contributed by atoms with van der Waals surface area (Å²) in [5, 5.41) is 11.2. The number of ether oxygens (including phenoxy) is 1. The number of carbonyl (C=O) groups is 1. The summed E-state index contributed by atoms with van der Waals surface area (Å²) < 4.78 is 10.3. The number of rotatable bonds is 5. The Balaban J connectivity index is 0.00000320. The van der Waals surface area contributed by atoms with E-state index in [9.17, 15) is 4.79 Å². The molecule has 1 amide bonds. The van der Waals surface area contributed by atoms with E-state index in [1.165, 1.54) is 0 Å². The third kappa shape index (κ3) is 6.73. The number of nitrogens with one attached hydrogen (secondary N) is 2. The molecule has 1 saturated heterocycles. The number of hydrogen-bond donors (Lipinski definition) is 2. The van der Waals surface area contributed by atoms with Gasteiger partial charge in [0, 0.05) is 36.8 Å². The number of benzene rings is 1. The normalized spacial score (nSPS) is 14.8. The van der Waals surface area contributed by atoms with E-state index in [0.29, 0.717) is 48.9 Å². The number of guanidine groups is 1. The van der Waals surface area contributed by atoms with Crippen LogP contribution in [0, 0.1) is 0 Å². The molecule has 30 heavy (non-hydrogen) atoms. The van der Waals surface area contributed by atoms with Gasteiger partial charge in [0.05, 0.1) is 13.2 Å². The summed E-state index contributed by atoms with van der Waals surface area (Å²) in [5.41, 5.74) is 0.834. The van der Waals surface area contributed by atoms with E-state index in [2.05, 4.69) is 25.8 Å². The van der Waals surface area contributed by atoms with Crippen LogP contribution in [0.2, 0.25) is 5.02 Å². The quantitative estimate of drug-likeness (QED) is 0.336. The highest BCUT2D eigenvalue weighted by atomic mass is 127. The molecule has 9 nitrogen and oxygen atoms in total. The van der Waals surface area contributed by atoms with Crippen LogP contribution < -0.4 is 10.6 Å². The minimum Gasteiger partial charge on any atom is -0.450 e. The first-order chi connectivity index (χ1) is 14.1. The van der Waals surface area contributed by atoms with Gasteiger partial charge in [-0.3, -0.25) is 4.99 Å². The van der Waals surface area contributed by atoms with Crippen LogP contribution in [-0.4, -0.2) is 59.9 Å². The first kappa shape index (κ1) is 24.2. The van der Waals surface area contributed by atoms with Crippen LogP contribution in [-0.2, 0) is 11.3 Å². The van der Waals surface area contributed by atoms with E-state index in [-0.39, 0.29) is 36.1 Å². The van der Waals surface area contributed by atoms with E-state index >= 15 is 0 Å². The summed E-state index contributed by atoms with van der Waals surface area (Å²) >= 11 is 5.90. The maximum atomic E-state index is 11.8. The first-order valence-corrected chi connectivity index (χ1v) is 9.94. The van der Waals surface area contributed by atoms with Crippen molar-refractivity contribution in [3.05, 3.63) is 35.2 Å². The molecule has 0 radical (unpaired) electrons. The number of amides is 1. The van der Waals surface area contributed by atoms with Crippen LogP contribution in [0.4, 0.5) is 4.79 Å². The van der Waals surface area contributed by atoms with Gasteiger partial charge in [0.1, 0.15) is 0 Å². The molecule has 0 bridgehead atoms. The van der Waals surface area contributed by atoms with Crippen molar-refractivity contribution in [1.29, 1.82) is 0 Å². The summed E-state index contributed by atoms with van der Waals surface area (Å²) in [6, 6.07) is 7.47.